The van der Waals surface area contributed by atoms with Crippen molar-refractivity contribution < 1.29 is 23.4 Å². The molecule has 0 N–H and O–H groups in total. The molecule has 9 heteroatoms. The van der Waals surface area contributed by atoms with E-state index in [0.717, 1.165) is 16.1 Å². The van der Waals surface area contributed by atoms with Gasteiger partial charge in [0.2, 0.25) is 6.54 Å². The zero-order valence-corrected chi connectivity index (χ0v) is 16.5. The molecule has 2 aromatic carbocycles. The van der Waals surface area contributed by atoms with Gasteiger partial charge >= 0.3 is 11.8 Å². The van der Waals surface area contributed by atoms with Gasteiger partial charge in [-0.15, -0.1) is 0 Å². The van der Waals surface area contributed by atoms with Crippen LogP contribution in [0.15, 0.2) is 47.6 Å². The molecular formula is C20H19ClFN4O3+. The third-order valence-electron chi connectivity index (χ3n) is 4.91. The van der Waals surface area contributed by atoms with Crippen molar-refractivity contribution in [2.45, 2.75) is 19.8 Å². The minimum atomic E-state index is -0.797. The molecule has 4 rings (SSSR count). The van der Waals surface area contributed by atoms with E-state index in [1.54, 1.807) is 0 Å². The van der Waals surface area contributed by atoms with Gasteiger partial charge in [-0.05, 0) is 48.0 Å². The molecule has 0 saturated carbocycles. The van der Waals surface area contributed by atoms with E-state index in [9.17, 15) is 14.0 Å². The summed E-state index contributed by atoms with van der Waals surface area (Å²) in [6.07, 6.45) is -0.677. The molecule has 0 aromatic heterocycles. The Hall–Kier alpha value is -3.00. The fourth-order valence-electron chi connectivity index (χ4n) is 3.46. The van der Waals surface area contributed by atoms with Crippen LogP contribution < -0.4 is 9.64 Å². The van der Waals surface area contributed by atoms with E-state index >= 15 is 0 Å². The van der Waals surface area contributed by atoms with Crippen molar-refractivity contribution in [2.24, 2.45) is 5.11 Å². The molecule has 2 aliphatic rings. The van der Waals surface area contributed by atoms with E-state index in [4.69, 9.17) is 16.3 Å². The molecule has 1 fully saturated rings. The third kappa shape index (κ3) is 3.55. The first-order valence-corrected chi connectivity index (χ1v) is 9.63. The molecule has 29 heavy (non-hydrogen) atoms. The Bertz CT molecular complexity index is 975. The van der Waals surface area contributed by atoms with Crippen molar-refractivity contribution in [2.75, 3.05) is 24.6 Å². The number of benzene rings is 2. The van der Waals surface area contributed by atoms with Gasteiger partial charge in [0.1, 0.15) is 11.6 Å². The zero-order valence-electron chi connectivity index (χ0n) is 15.7. The molecule has 2 amide bonds. The van der Waals surface area contributed by atoms with E-state index in [0.29, 0.717) is 19.7 Å². The van der Waals surface area contributed by atoms with Gasteiger partial charge in [0.15, 0.2) is 0 Å². The number of rotatable bonds is 5. The first-order chi connectivity index (χ1) is 14.0. The van der Waals surface area contributed by atoms with Crippen molar-refractivity contribution in [3.8, 4) is 5.75 Å². The molecule has 7 nitrogen and oxygen atoms in total. The summed E-state index contributed by atoms with van der Waals surface area (Å²) >= 11 is 6.07. The summed E-state index contributed by atoms with van der Waals surface area (Å²) in [5.41, 5.74) is 0.967. The standard InChI is InChI=1S/C20H19ClFN4O3/c1-2-29-14-8-6-13(7-9-14)24-10-11-25-18(27)19(28)26(23-20(24)25)12-15-16(21)4-3-5-17(15)22/h3-9,20H,2,10-12H2,1H3/q+1. The number of carbonyl (C=O) groups excluding carboxylic acids is 2. The van der Waals surface area contributed by atoms with Gasteiger partial charge in [-0.1, -0.05) is 17.7 Å². The Morgan fingerprint density at radius 2 is 1.90 bits per heavy atom. The van der Waals surface area contributed by atoms with Gasteiger partial charge in [0, 0.05) is 23.9 Å². The maximum atomic E-state index is 14.2. The van der Waals surface area contributed by atoms with Crippen molar-refractivity contribution in [1.82, 2.24) is 4.90 Å². The van der Waals surface area contributed by atoms with Gasteiger partial charge in [0.05, 0.1) is 17.2 Å². The minimum absolute atomic E-state index is 0.123. The van der Waals surface area contributed by atoms with Crippen molar-refractivity contribution >= 4 is 29.1 Å². The van der Waals surface area contributed by atoms with E-state index in [1.807, 2.05) is 36.1 Å². The van der Waals surface area contributed by atoms with Gasteiger partial charge in [0.25, 0.3) is 6.29 Å². The van der Waals surface area contributed by atoms with E-state index in [2.05, 4.69) is 5.11 Å². The lowest BCUT2D eigenvalue weighted by atomic mass is 10.2. The summed E-state index contributed by atoms with van der Waals surface area (Å²) in [7, 11) is 0. The molecular weight excluding hydrogens is 399 g/mol. The smallest absolute Gasteiger partial charge is 0.494 e. The van der Waals surface area contributed by atoms with E-state index in [-0.39, 0.29) is 17.1 Å². The predicted molar refractivity (Wildman–Crippen MR) is 103 cm³/mol. The van der Waals surface area contributed by atoms with Crippen LogP contribution in [0.3, 0.4) is 0 Å². The lowest BCUT2D eigenvalue weighted by Gasteiger charge is -2.27. The monoisotopic (exact) mass is 417 g/mol. The third-order valence-corrected chi connectivity index (χ3v) is 5.26. The molecule has 1 atom stereocenters. The number of hydrogen-bond donors (Lipinski definition) is 0. The SMILES string of the molecule is CCOc1ccc(N2CCN3C(=O)C(=O)[N+](Cc4c(F)cccc4Cl)=NC32)cc1. The second kappa shape index (κ2) is 7.79. The van der Waals surface area contributed by atoms with Crippen molar-refractivity contribution in [1.29, 1.82) is 0 Å². The molecule has 1 saturated heterocycles. The molecule has 0 bridgehead atoms. The van der Waals surface area contributed by atoms with Crippen LogP contribution in [0, 0.1) is 5.82 Å². The van der Waals surface area contributed by atoms with Crippen LogP contribution in [0.4, 0.5) is 10.1 Å². The average Bonchev–Trinajstić information content (AvgIpc) is 3.13. The fraction of sp³-hybridized carbons (Fsp3) is 0.300. The number of hydrogen-bond acceptors (Lipinski definition) is 5. The molecule has 0 spiro atoms. The quantitative estimate of drug-likeness (QED) is 0.554. The predicted octanol–water partition coefficient (Wildman–Crippen LogP) is 3.02. The van der Waals surface area contributed by atoms with E-state index in [1.165, 1.54) is 23.1 Å². The number of carbonyl (C=O) groups is 2. The highest BCUT2D eigenvalue weighted by atomic mass is 35.5. The fourth-order valence-corrected chi connectivity index (χ4v) is 3.69. The van der Waals surface area contributed by atoms with Crippen LogP contribution in [0.1, 0.15) is 12.5 Å². The summed E-state index contributed by atoms with van der Waals surface area (Å²) in [5, 5.41) is 4.61. The Balaban J connectivity index is 1.65. The Labute approximate surface area is 171 Å². The van der Waals surface area contributed by atoms with Gasteiger partial charge in [-0.2, -0.15) is 0 Å². The Kier molecular flexibility index (Phi) is 5.19. The molecule has 0 aliphatic carbocycles. The van der Waals surface area contributed by atoms with Crippen LogP contribution in [0.25, 0.3) is 0 Å². The summed E-state index contributed by atoms with van der Waals surface area (Å²) < 4.78 is 20.6. The van der Waals surface area contributed by atoms with Crippen molar-refractivity contribution in [3.63, 3.8) is 0 Å². The van der Waals surface area contributed by atoms with Crippen molar-refractivity contribution in [3.05, 3.63) is 58.9 Å². The number of ether oxygens (including phenoxy) is 1. The summed E-state index contributed by atoms with van der Waals surface area (Å²) in [6, 6.07) is 11.7. The van der Waals surface area contributed by atoms with Crippen LogP contribution in [0.2, 0.25) is 5.02 Å². The minimum Gasteiger partial charge on any atom is -0.494 e. The molecule has 2 heterocycles. The van der Waals surface area contributed by atoms with Crippen LogP contribution in [-0.4, -0.2) is 47.4 Å². The number of anilines is 1. The molecule has 1 unspecified atom stereocenters. The van der Waals surface area contributed by atoms with Gasteiger partial charge < -0.3 is 9.64 Å². The maximum absolute atomic E-state index is 14.2. The first-order valence-electron chi connectivity index (χ1n) is 9.25. The highest BCUT2D eigenvalue weighted by Gasteiger charge is 2.49. The Morgan fingerprint density at radius 1 is 1.17 bits per heavy atom. The summed E-state index contributed by atoms with van der Waals surface area (Å²) in [4.78, 5) is 28.4. The van der Waals surface area contributed by atoms with E-state index < -0.39 is 23.9 Å². The lowest BCUT2D eigenvalue weighted by Crippen LogP contribution is -2.51. The van der Waals surface area contributed by atoms with Gasteiger partial charge in [-0.25, -0.2) is 9.18 Å². The topological polar surface area (TPSA) is 65.2 Å². The molecule has 2 aromatic rings. The van der Waals surface area contributed by atoms with Crippen LogP contribution in [0.5, 0.6) is 5.75 Å². The highest BCUT2D eigenvalue weighted by molar-refractivity contribution is 6.32. The average molecular weight is 418 g/mol. The molecule has 150 valence electrons. The normalized spacial score (nSPS) is 18.7. The van der Waals surface area contributed by atoms with Gasteiger partial charge in [-0.3, -0.25) is 9.69 Å². The number of nitrogens with zero attached hydrogens (tertiary/aromatic N) is 4. The van der Waals surface area contributed by atoms with Crippen LogP contribution >= 0.6 is 11.6 Å². The summed E-state index contributed by atoms with van der Waals surface area (Å²) in [5.74, 6) is -1.26. The lowest BCUT2D eigenvalue weighted by molar-refractivity contribution is -0.535. The Morgan fingerprint density at radius 3 is 2.59 bits per heavy atom. The second-order valence-corrected chi connectivity index (χ2v) is 7.05. The second-order valence-electron chi connectivity index (χ2n) is 6.64. The summed E-state index contributed by atoms with van der Waals surface area (Å²) in [6.45, 7) is 3.17. The number of azo groups is 2. The van der Waals surface area contributed by atoms with Crippen LogP contribution in [-0.2, 0) is 16.1 Å². The number of fused-ring (bicyclic) bond motifs is 1. The molecule has 0 radical (unpaired) electrons. The highest BCUT2D eigenvalue weighted by Crippen LogP contribution is 2.29. The first kappa shape index (κ1) is 19.3. The zero-order chi connectivity index (χ0) is 20.5. The number of halogens is 2. The molecule has 2 aliphatic heterocycles. The number of amides is 2. The largest absolute Gasteiger partial charge is 0.502 e. The maximum Gasteiger partial charge on any atom is 0.502 e.